The first kappa shape index (κ1) is 27.8. The number of fused-ring (bicyclic) bond motifs is 1. The van der Waals surface area contributed by atoms with Crippen LogP contribution in [0, 0.1) is 0 Å². The van der Waals surface area contributed by atoms with Crippen LogP contribution in [0.1, 0.15) is 5.56 Å². The van der Waals surface area contributed by atoms with E-state index in [1.165, 1.54) is 22.4 Å². The topological polar surface area (TPSA) is 137 Å². The van der Waals surface area contributed by atoms with Gasteiger partial charge >= 0.3 is 0 Å². The van der Waals surface area contributed by atoms with Gasteiger partial charge in [0.1, 0.15) is 5.82 Å². The third-order valence-corrected chi connectivity index (χ3v) is 8.44. The van der Waals surface area contributed by atoms with Gasteiger partial charge in [0.05, 0.1) is 45.8 Å². The Morgan fingerprint density at radius 3 is 2.51 bits per heavy atom. The van der Waals surface area contributed by atoms with E-state index in [0.29, 0.717) is 40.2 Å². The molecule has 2 N–H and O–H groups in total. The lowest BCUT2D eigenvalue weighted by Gasteiger charge is -2.07. The van der Waals surface area contributed by atoms with Crippen LogP contribution in [0.2, 0.25) is 5.02 Å². The molecule has 0 saturated carbocycles. The van der Waals surface area contributed by atoms with E-state index >= 15 is 0 Å². The van der Waals surface area contributed by atoms with Crippen molar-refractivity contribution in [2.24, 2.45) is 0 Å². The molecule has 0 saturated heterocycles. The summed E-state index contributed by atoms with van der Waals surface area (Å²) in [6, 6.07) is 18.9. The molecule has 6 rings (SSSR count). The molecule has 0 fully saturated rings. The van der Waals surface area contributed by atoms with Crippen LogP contribution in [-0.2, 0) is 21.4 Å². The third-order valence-electron chi connectivity index (χ3n) is 6.47. The minimum Gasteiger partial charge on any atom is -0.321 e. The zero-order valence-electron chi connectivity index (χ0n) is 22.4. The standard InChI is InChI=1S/C30H23ClN8O3S/c1-2-28(40)36-27-13-12-20(14-32-27)17-38-18-21(15-34-38)35-30-33-16-25(31)29(37-30)24-19-39(26-11-7-6-10-23(24)26)43(41,42)22-8-4-3-5-9-22/h2-16,18-19H,1,17H2,(H,32,36,40)(H,33,35,37). The van der Waals surface area contributed by atoms with Gasteiger partial charge in [-0.1, -0.05) is 60.6 Å². The Morgan fingerprint density at radius 2 is 1.74 bits per heavy atom. The number of anilines is 3. The maximum absolute atomic E-state index is 13.5. The number of amides is 1. The summed E-state index contributed by atoms with van der Waals surface area (Å²) in [5, 5.41) is 11.1. The van der Waals surface area contributed by atoms with Crippen molar-refractivity contribution in [1.29, 1.82) is 0 Å². The number of carbonyl (C=O) groups excluding carboxylic acids is 1. The van der Waals surface area contributed by atoms with Gasteiger partial charge in [-0.05, 0) is 35.9 Å². The number of pyridine rings is 1. The smallest absolute Gasteiger partial charge is 0.268 e. The van der Waals surface area contributed by atoms with Gasteiger partial charge in [0.25, 0.3) is 10.0 Å². The lowest BCUT2D eigenvalue weighted by atomic mass is 10.1. The minimum atomic E-state index is -3.88. The molecule has 4 aromatic heterocycles. The Kier molecular flexibility index (Phi) is 7.45. The molecule has 0 radical (unpaired) electrons. The molecule has 4 heterocycles. The number of para-hydroxylation sites is 1. The number of aromatic nitrogens is 6. The number of rotatable bonds is 9. The summed E-state index contributed by atoms with van der Waals surface area (Å²) in [6.07, 6.45) is 9.23. The predicted molar refractivity (Wildman–Crippen MR) is 165 cm³/mol. The summed E-state index contributed by atoms with van der Waals surface area (Å²) >= 11 is 6.55. The van der Waals surface area contributed by atoms with E-state index in [1.54, 1.807) is 71.8 Å². The van der Waals surface area contributed by atoms with Crippen molar-refractivity contribution in [2.45, 2.75) is 11.4 Å². The van der Waals surface area contributed by atoms with Gasteiger partial charge in [-0.2, -0.15) is 5.10 Å². The summed E-state index contributed by atoms with van der Waals surface area (Å²) in [5.74, 6) is 0.345. The highest BCUT2D eigenvalue weighted by atomic mass is 35.5. The second kappa shape index (κ2) is 11.5. The fourth-order valence-corrected chi connectivity index (χ4v) is 6.04. The number of carbonyl (C=O) groups is 1. The average Bonchev–Trinajstić information content (AvgIpc) is 3.64. The van der Waals surface area contributed by atoms with Crippen LogP contribution in [-0.4, -0.2) is 43.0 Å². The van der Waals surface area contributed by atoms with Crippen molar-refractivity contribution in [2.75, 3.05) is 10.6 Å². The van der Waals surface area contributed by atoms with Gasteiger partial charge in [-0.15, -0.1) is 0 Å². The molecule has 0 aliphatic carbocycles. The van der Waals surface area contributed by atoms with Crippen molar-refractivity contribution >= 4 is 55.9 Å². The van der Waals surface area contributed by atoms with E-state index in [4.69, 9.17) is 11.6 Å². The molecule has 0 spiro atoms. The quantitative estimate of drug-likeness (QED) is 0.205. The van der Waals surface area contributed by atoms with E-state index in [2.05, 4.69) is 37.3 Å². The highest BCUT2D eigenvalue weighted by Gasteiger charge is 2.23. The van der Waals surface area contributed by atoms with E-state index in [9.17, 15) is 13.2 Å². The first-order valence-electron chi connectivity index (χ1n) is 12.9. The molecule has 0 aliphatic heterocycles. The van der Waals surface area contributed by atoms with Crippen molar-refractivity contribution < 1.29 is 13.2 Å². The summed E-state index contributed by atoms with van der Waals surface area (Å²) < 4.78 is 30.0. The molecule has 214 valence electrons. The zero-order valence-corrected chi connectivity index (χ0v) is 24.0. The molecule has 0 bridgehead atoms. The van der Waals surface area contributed by atoms with Gasteiger partial charge in [-0.3, -0.25) is 9.48 Å². The fourth-order valence-electron chi connectivity index (χ4n) is 4.46. The normalized spacial score (nSPS) is 11.4. The van der Waals surface area contributed by atoms with Crippen LogP contribution in [0.3, 0.4) is 0 Å². The number of hydrogen-bond donors (Lipinski definition) is 2. The first-order valence-corrected chi connectivity index (χ1v) is 14.7. The van der Waals surface area contributed by atoms with Gasteiger partial charge in [0.15, 0.2) is 0 Å². The van der Waals surface area contributed by atoms with Crippen molar-refractivity contribution in [3.63, 3.8) is 0 Å². The van der Waals surface area contributed by atoms with Crippen molar-refractivity contribution in [3.05, 3.63) is 121 Å². The minimum absolute atomic E-state index is 0.168. The van der Waals surface area contributed by atoms with E-state index in [1.807, 2.05) is 18.2 Å². The maximum atomic E-state index is 13.5. The van der Waals surface area contributed by atoms with Gasteiger partial charge in [-0.25, -0.2) is 27.3 Å². The van der Waals surface area contributed by atoms with Crippen LogP contribution < -0.4 is 10.6 Å². The zero-order chi connectivity index (χ0) is 30.0. The summed E-state index contributed by atoms with van der Waals surface area (Å²) in [6.45, 7) is 3.86. The number of hydrogen-bond acceptors (Lipinski definition) is 8. The Labute approximate surface area is 251 Å². The molecule has 0 unspecified atom stereocenters. The number of nitrogens with one attached hydrogen (secondary N) is 2. The first-order chi connectivity index (χ1) is 20.8. The summed E-state index contributed by atoms with van der Waals surface area (Å²) in [7, 11) is -3.88. The van der Waals surface area contributed by atoms with Gasteiger partial charge in [0.2, 0.25) is 11.9 Å². The van der Waals surface area contributed by atoms with Crippen LogP contribution in [0.15, 0.2) is 115 Å². The second-order valence-corrected chi connectivity index (χ2v) is 11.6. The SMILES string of the molecule is C=CC(=O)Nc1ccc(Cn2cc(Nc3ncc(Cl)c(-c4cn(S(=O)(=O)c5ccccc5)c5ccccc45)n3)cn2)cn1. The Balaban J connectivity index is 1.26. The predicted octanol–water partition coefficient (Wildman–Crippen LogP) is 5.50. The number of benzene rings is 2. The molecule has 6 aromatic rings. The van der Waals surface area contributed by atoms with E-state index < -0.39 is 10.0 Å². The Morgan fingerprint density at radius 1 is 0.953 bits per heavy atom. The largest absolute Gasteiger partial charge is 0.321 e. The van der Waals surface area contributed by atoms with Crippen LogP contribution in [0.4, 0.5) is 17.5 Å². The average molecular weight is 611 g/mol. The van der Waals surface area contributed by atoms with Crippen molar-refractivity contribution in [3.8, 4) is 11.3 Å². The second-order valence-electron chi connectivity index (χ2n) is 9.36. The van der Waals surface area contributed by atoms with E-state index in [0.717, 1.165) is 5.56 Å². The maximum Gasteiger partial charge on any atom is 0.268 e. The molecule has 0 aliphatic rings. The Hall–Kier alpha value is -5.33. The van der Waals surface area contributed by atoms with Crippen molar-refractivity contribution in [1.82, 2.24) is 28.7 Å². The number of nitrogens with zero attached hydrogens (tertiary/aromatic N) is 6. The molecule has 13 heteroatoms. The number of halogens is 1. The Bertz CT molecular complexity index is 2070. The molecule has 0 atom stereocenters. The fraction of sp³-hybridized carbons (Fsp3) is 0.0333. The van der Waals surface area contributed by atoms with Crippen LogP contribution in [0.5, 0.6) is 0 Å². The molecule has 2 aromatic carbocycles. The van der Waals surface area contributed by atoms with Gasteiger partial charge in [0, 0.05) is 29.5 Å². The van der Waals surface area contributed by atoms with E-state index in [-0.39, 0.29) is 21.8 Å². The van der Waals surface area contributed by atoms with Crippen LogP contribution >= 0.6 is 11.6 Å². The lowest BCUT2D eigenvalue weighted by Crippen LogP contribution is -2.11. The molecule has 11 nitrogen and oxygen atoms in total. The highest BCUT2D eigenvalue weighted by molar-refractivity contribution is 7.90. The highest BCUT2D eigenvalue weighted by Crippen LogP contribution is 2.36. The molecular formula is C30H23ClN8O3S. The molecular weight excluding hydrogens is 588 g/mol. The van der Waals surface area contributed by atoms with Gasteiger partial charge < -0.3 is 10.6 Å². The van der Waals surface area contributed by atoms with Crippen LogP contribution in [0.25, 0.3) is 22.2 Å². The molecule has 1 amide bonds. The monoisotopic (exact) mass is 610 g/mol. The summed E-state index contributed by atoms with van der Waals surface area (Å²) in [4.78, 5) is 24.8. The third kappa shape index (κ3) is 5.73. The molecule has 43 heavy (non-hydrogen) atoms. The summed E-state index contributed by atoms with van der Waals surface area (Å²) in [5.41, 5.74) is 2.92. The lowest BCUT2D eigenvalue weighted by molar-refractivity contribution is -0.111.